The number of halogens is 4. The lowest BCUT2D eigenvalue weighted by Crippen LogP contribution is -2.36. The molecule has 0 aliphatic carbocycles. The molecule has 4 aliphatic heterocycles. The maximum atomic E-state index is 11.8. The van der Waals surface area contributed by atoms with E-state index in [9.17, 15) is 9.59 Å². The lowest BCUT2D eigenvalue weighted by Gasteiger charge is -2.25. The Morgan fingerprint density at radius 3 is 1.33 bits per heavy atom. The van der Waals surface area contributed by atoms with Gasteiger partial charge in [0.15, 0.2) is 6.29 Å². The monoisotopic (exact) mass is 1660 g/mol. The van der Waals surface area contributed by atoms with Crippen LogP contribution < -0.4 is 27.8 Å². The van der Waals surface area contributed by atoms with Crippen LogP contribution in [0.3, 0.4) is 0 Å². The minimum Gasteiger partial charge on any atom is -0.444 e. The fourth-order valence-electron chi connectivity index (χ4n) is 9.57. The molecule has 8 aromatic heterocycles. The van der Waals surface area contributed by atoms with Crippen LogP contribution in [0.4, 0.5) is 9.59 Å². The quantitative estimate of drug-likeness (QED) is 0.0470. The SMILES string of the molecule is CC(C)(C)OC(=O)NCC1OCCc2sc(-c3cccnc3)cc21.CC(C)(C)OC(=O)NCC1OCCc2sc(Br)cc21.COC(CN)OC.Cl.NCC1OCCc2sc(-c3cccnc3)cc21.NCC1OCCc2sc(Br)cc21.OCCc1ccc(Br)s1.OCCc1cccs1. The van der Waals surface area contributed by atoms with Gasteiger partial charge in [-0.1, -0.05) is 18.2 Å². The average Bonchev–Trinajstić information content (AvgIpc) is 1.71. The number of nitrogens with one attached hydrogen (secondary N) is 2. The second kappa shape index (κ2) is 44.0. The molecule has 0 radical (unpaired) electrons. The minimum atomic E-state index is -0.501. The molecule has 0 saturated heterocycles. The predicted octanol–water partition coefficient (Wildman–Crippen LogP) is 15.4. The van der Waals surface area contributed by atoms with Gasteiger partial charge >= 0.3 is 12.2 Å². The molecule has 0 bridgehead atoms. The smallest absolute Gasteiger partial charge is 0.407 e. The summed E-state index contributed by atoms with van der Waals surface area (Å²) < 4.78 is 46.1. The number of aliphatic hydroxyl groups excluding tert-OH is 2. The maximum Gasteiger partial charge on any atom is 0.407 e. The summed E-state index contributed by atoms with van der Waals surface area (Å²) in [5.74, 6) is 0. The third kappa shape index (κ3) is 29.3. The fourth-order valence-corrected chi connectivity index (χ4v) is 17.6. The fraction of sp³-hybridized carbons (Fsp3) is 0.471. The number of carbonyl (C=O) groups excluding carboxylic acids is 2. The van der Waals surface area contributed by atoms with Crippen LogP contribution in [0, 0.1) is 0 Å². The number of hydrogen-bond acceptors (Lipinski definition) is 23. The Labute approximate surface area is 625 Å². The van der Waals surface area contributed by atoms with E-state index in [4.69, 9.17) is 65.3 Å². The maximum absolute atomic E-state index is 11.8. The zero-order chi connectivity index (χ0) is 69.6. The summed E-state index contributed by atoms with van der Waals surface area (Å²) in [6, 6.07) is 24.6. The van der Waals surface area contributed by atoms with E-state index >= 15 is 0 Å². The van der Waals surface area contributed by atoms with Crippen LogP contribution in [0.1, 0.15) is 117 Å². The standard InChI is InChI=1S/C18H22N2O3S.C13H18BrNO3S.C13H14N2OS.C8H10BrNOS.C6H7BrOS.C6H8OS.C4H11NO2.ClH/c1-18(2,3)23-17(21)20-11-14-13-9-16(12-5-4-7-19-10-12)24-15(13)6-8-22-14;1-13(2,3)18-12(16)15-7-9-8-6-11(14)19-10(8)4-5-17-9;14-7-11-10-6-13(9-2-1-4-15-8-9)17-12(10)3-5-16-11;9-8-3-5-6(4-10)11-2-1-7(5)12-8;7-6-2-1-5(9-6)3-4-8;7-4-3-6-2-1-5-8-6;1-6-4(3-5)7-2;/h4-5,7,9-10,14H,6,8,11H2,1-3H3,(H,20,21);6,9H,4-5,7H2,1-3H3,(H,15,16);1-2,4,6,8,11H,3,5,7,14H2;3,6H,1-2,4,10H2;1-2,8H,3-4H2;1-2,5,7H,3-4H2;4H,3,5H2,1-2H3;1H. The largest absolute Gasteiger partial charge is 0.444 e. The van der Waals surface area contributed by atoms with Crippen LogP contribution in [0.15, 0.2) is 114 Å². The topological polar surface area (TPSA) is 276 Å². The molecule has 29 heteroatoms. The first kappa shape index (κ1) is 84.0. The van der Waals surface area contributed by atoms with Gasteiger partial charge in [0.1, 0.15) is 23.4 Å². The first-order valence-corrected chi connectivity index (χ1v) is 38.6. The Morgan fingerprint density at radius 2 is 0.979 bits per heavy atom. The van der Waals surface area contributed by atoms with Gasteiger partial charge in [0.25, 0.3) is 0 Å². The number of rotatable bonds is 15. The lowest BCUT2D eigenvalue weighted by molar-refractivity contribution is -0.0940. The Morgan fingerprint density at radius 1 is 0.567 bits per heavy atom. The van der Waals surface area contributed by atoms with Crippen molar-refractivity contribution in [3.8, 4) is 20.9 Å². The number of thiophene rings is 6. The summed E-state index contributed by atoms with van der Waals surface area (Å²) in [6.45, 7) is 16.9. The van der Waals surface area contributed by atoms with Crippen molar-refractivity contribution in [1.82, 2.24) is 20.6 Å². The summed E-state index contributed by atoms with van der Waals surface area (Å²) in [7, 11) is 3.11. The molecule has 8 aromatic rings. The number of aliphatic hydroxyl groups is 2. The molecule has 4 aliphatic rings. The zero-order valence-corrected chi connectivity index (χ0v) is 66.3. The number of alkyl carbamates (subject to hydrolysis) is 2. The molecule has 4 atom stereocenters. The van der Waals surface area contributed by atoms with E-state index in [0.29, 0.717) is 45.9 Å². The number of amides is 2. The number of methoxy groups -OCH3 is 2. The van der Waals surface area contributed by atoms with Gasteiger partial charge in [-0.05, 0) is 172 Å². The van der Waals surface area contributed by atoms with Gasteiger partial charge in [-0.2, -0.15) is 0 Å². The van der Waals surface area contributed by atoms with Crippen molar-refractivity contribution in [2.75, 3.05) is 86.6 Å². The molecule has 0 fully saturated rings. The molecule has 19 nitrogen and oxygen atoms in total. The zero-order valence-electron chi connectivity index (χ0n) is 55.8. The third-order valence-electron chi connectivity index (χ3n) is 13.9. The highest BCUT2D eigenvalue weighted by Gasteiger charge is 2.28. The number of fused-ring (bicyclic) bond motifs is 4. The number of nitrogens with zero attached hydrogens (tertiary/aromatic N) is 2. The van der Waals surface area contributed by atoms with E-state index in [2.05, 4.69) is 105 Å². The van der Waals surface area contributed by atoms with Crippen LogP contribution in [-0.2, 0) is 76.4 Å². The van der Waals surface area contributed by atoms with Gasteiger partial charge in [-0.25, -0.2) is 9.59 Å². The summed E-state index contributed by atoms with van der Waals surface area (Å²) in [4.78, 5) is 42.2. The van der Waals surface area contributed by atoms with Crippen LogP contribution >= 0.6 is 128 Å². The molecule has 12 heterocycles. The molecule has 0 spiro atoms. The van der Waals surface area contributed by atoms with Crippen molar-refractivity contribution < 1.29 is 57.7 Å². The number of carbonyl (C=O) groups is 2. The number of aromatic nitrogens is 2. The molecular weight excluding hydrogens is 1570 g/mol. The molecule has 10 N–H and O–H groups in total. The van der Waals surface area contributed by atoms with Gasteiger partial charge in [-0.3, -0.25) is 9.97 Å². The van der Waals surface area contributed by atoms with Crippen molar-refractivity contribution in [3.63, 3.8) is 0 Å². The van der Waals surface area contributed by atoms with Crippen molar-refractivity contribution in [1.29, 1.82) is 0 Å². The number of hydrogen-bond donors (Lipinski definition) is 7. The van der Waals surface area contributed by atoms with Crippen LogP contribution in [-0.4, -0.2) is 136 Å². The van der Waals surface area contributed by atoms with Crippen LogP contribution in [0.25, 0.3) is 20.9 Å². The highest BCUT2D eigenvalue weighted by molar-refractivity contribution is 9.11. The molecule has 4 unspecified atom stereocenters. The van der Waals surface area contributed by atoms with Crippen LogP contribution in [0.2, 0.25) is 0 Å². The predicted molar refractivity (Wildman–Crippen MR) is 407 cm³/mol. The average molecular weight is 1670 g/mol. The van der Waals surface area contributed by atoms with Gasteiger partial charge in [0.2, 0.25) is 0 Å². The molecule has 0 aromatic carbocycles. The van der Waals surface area contributed by atoms with E-state index < -0.39 is 23.4 Å². The Balaban J connectivity index is 0.000000212. The number of ether oxygens (including phenoxy) is 8. The second-order valence-electron chi connectivity index (χ2n) is 23.4. The molecule has 97 heavy (non-hydrogen) atoms. The molecular formula is C68H91Br3ClN7O12S6. The number of pyridine rings is 2. The molecule has 2 amide bonds. The van der Waals surface area contributed by atoms with Gasteiger partial charge < -0.3 is 75.9 Å². The molecule has 534 valence electrons. The molecule has 0 saturated carbocycles. The Kier molecular flexibility index (Phi) is 38.1. The minimum absolute atomic E-state index is 0. The highest BCUT2D eigenvalue weighted by atomic mass is 79.9. The summed E-state index contributed by atoms with van der Waals surface area (Å²) in [5, 5.41) is 24.6. The van der Waals surface area contributed by atoms with Crippen molar-refractivity contribution in [2.24, 2.45) is 17.2 Å². The Hall–Kier alpha value is -3.67. The normalized spacial score (nSPS) is 16.5. The Bertz CT molecular complexity index is 3500. The highest BCUT2D eigenvalue weighted by Crippen LogP contribution is 2.41. The summed E-state index contributed by atoms with van der Waals surface area (Å²) in [5.41, 5.74) is 22.6. The number of nitrogens with two attached hydrogens (primary N) is 3. The van der Waals surface area contributed by atoms with E-state index in [1.54, 1.807) is 83.3 Å². The first-order valence-electron chi connectivity index (χ1n) is 31.2. The first-order chi connectivity index (χ1) is 46.1. The second-order valence-corrected chi connectivity index (χ2v) is 34.2. The summed E-state index contributed by atoms with van der Waals surface area (Å²) >= 11 is 20.8. The molecule has 12 rings (SSSR count). The van der Waals surface area contributed by atoms with E-state index in [1.165, 1.54) is 65.1 Å². The third-order valence-corrected chi connectivity index (χ3v) is 22.5. The van der Waals surface area contributed by atoms with Crippen LogP contribution in [0.5, 0.6) is 0 Å². The van der Waals surface area contributed by atoms with E-state index in [-0.39, 0.29) is 56.3 Å². The van der Waals surface area contributed by atoms with Crippen molar-refractivity contribution in [2.45, 2.75) is 122 Å². The van der Waals surface area contributed by atoms with E-state index in [1.807, 2.05) is 107 Å². The van der Waals surface area contributed by atoms with Gasteiger partial charge in [0.05, 0.1) is 63.1 Å². The van der Waals surface area contributed by atoms with Gasteiger partial charge in [0, 0.05) is 161 Å². The van der Waals surface area contributed by atoms with Crippen molar-refractivity contribution >= 4 is 140 Å². The lowest BCUT2D eigenvalue weighted by atomic mass is 10.0. The van der Waals surface area contributed by atoms with Crippen molar-refractivity contribution in [3.05, 3.63) is 166 Å². The van der Waals surface area contributed by atoms with Gasteiger partial charge in [-0.15, -0.1) is 80.4 Å². The van der Waals surface area contributed by atoms with E-state index in [0.717, 1.165) is 70.4 Å². The summed E-state index contributed by atoms with van der Waals surface area (Å²) in [6.07, 6.45) is 11.7.